The van der Waals surface area contributed by atoms with Gasteiger partial charge in [0, 0.05) is 19.3 Å². The molecule has 0 spiro atoms. The third kappa shape index (κ3) is 44.5. The third-order valence-corrected chi connectivity index (χ3v) is 10.6. The second-order valence-electron chi connectivity index (χ2n) is 16.3. The first-order valence-electron chi connectivity index (χ1n) is 24.6. The zero-order valence-corrected chi connectivity index (χ0v) is 38.3. The molecule has 0 heterocycles. The summed E-state index contributed by atoms with van der Waals surface area (Å²) in [6.07, 6.45) is 55.2. The van der Waals surface area contributed by atoms with Gasteiger partial charge in [0.2, 0.25) is 0 Å². The lowest BCUT2D eigenvalue weighted by atomic mass is 10.1. The van der Waals surface area contributed by atoms with Gasteiger partial charge in [0.15, 0.2) is 6.10 Å². The number of ether oxygens (including phenoxy) is 3. The van der Waals surface area contributed by atoms with Gasteiger partial charge in [-0.25, -0.2) is 0 Å². The van der Waals surface area contributed by atoms with Crippen LogP contribution in [0.15, 0.2) is 48.6 Å². The van der Waals surface area contributed by atoms with Crippen molar-refractivity contribution in [2.45, 2.75) is 252 Å². The van der Waals surface area contributed by atoms with Crippen molar-refractivity contribution < 1.29 is 28.6 Å². The van der Waals surface area contributed by atoms with Crippen LogP contribution in [0.2, 0.25) is 0 Å². The summed E-state index contributed by atoms with van der Waals surface area (Å²) >= 11 is 0. The zero-order chi connectivity index (χ0) is 42.3. The molecule has 0 amide bonds. The molecule has 58 heavy (non-hydrogen) atoms. The monoisotopic (exact) mass is 813 g/mol. The average molecular weight is 813 g/mol. The minimum atomic E-state index is -0.777. The smallest absolute Gasteiger partial charge is 0.306 e. The van der Waals surface area contributed by atoms with Gasteiger partial charge in [0.1, 0.15) is 13.2 Å². The molecule has 0 aliphatic rings. The number of carbonyl (C=O) groups is 3. The Hall–Kier alpha value is -2.63. The number of hydrogen-bond donors (Lipinski definition) is 0. The Balaban J connectivity index is 4.36. The molecule has 0 fully saturated rings. The van der Waals surface area contributed by atoms with Crippen LogP contribution in [0.3, 0.4) is 0 Å². The molecule has 6 heteroatoms. The lowest BCUT2D eigenvalue weighted by molar-refractivity contribution is -0.167. The molecule has 0 saturated carbocycles. The summed E-state index contributed by atoms with van der Waals surface area (Å²) in [6.45, 7) is 6.48. The maximum atomic E-state index is 12.7. The van der Waals surface area contributed by atoms with E-state index in [1.54, 1.807) is 0 Å². The summed E-state index contributed by atoms with van der Waals surface area (Å²) in [5.41, 5.74) is 0. The molecule has 0 aromatic heterocycles. The van der Waals surface area contributed by atoms with Crippen LogP contribution in [-0.2, 0) is 28.6 Å². The minimum absolute atomic E-state index is 0.0778. The van der Waals surface area contributed by atoms with Crippen molar-refractivity contribution in [1.82, 2.24) is 0 Å². The van der Waals surface area contributed by atoms with E-state index in [9.17, 15) is 14.4 Å². The lowest BCUT2D eigenvalue weighted by Crippen LogP contribution is -2.30. The molecule has 0 rings (SSSR count). The summed E-state index contributed by atoms with van der Waals surface area (Å²) in [7, 11) is 0. The first-order chi connectivity index (χ1) is 28.5. The normalized spacial score (nSPS) is 12.4. The molecule has 0 saturated heterocycles. The van der Waals surface area contributed by atoms with E-state index >= 15 is 0 Å². The van der Waals surface area contributed by atoms with Gasteiger partial charge in [-0.1, -0.05) is 198 Å². The number of carbonyl (C=O) groups excluding carboxylic acids is 3. The van der Waals surface area contributed by atoms with Gasteiger partial charge < -0.3 is 14.2 Å². The van der Waals surface area contributed by atoms with E-state index in [0.717, 1.165) is 96.3 Å². The Kier molecular flexibility index (Phi) is 44.9. The minimum Gasteiger partial charge on any atom is -0.462 e. The fourth-order valence-electron chi connectivity index (χ4n) is 6.86. The fourth-order valence-corrected chi connectivity index (χ4v) is 6.86. The maximum absolute atomic E-state index is 12.7. The molecule has 1 unspecified atom stereocenters. The van der Waals surface area contributed by atoms with Crippen LogP contribution in [0, 0.1) is 0 Å². The second kappa shape index (κ2) is 47.1. The highest BCUT2D eigenvalue weighted by Gasteiger charge is 2.19. The van der Waals surface area contributed by atoms with E-state index in [2.05, 4.69) is 69.4 Å². The van der Waals surface area contributed by atoms with Crippen molar-refractivity contribution in [1.29, 1.82) is 0 Å². The van der Waals surface area contributed by atoms with Crippen molar-refractivity contribution in [3.8, 4) is 0 Å². The van der Waals surface area contributed by atoms with Crippen LogP contribution < -0.4 is 0 Å². The number of unbranched alkanes of at least 4 members (excludes halogenated alkanes) is 25. The second-order valence-corrected chi connectivity index (χ2v) is 16.3. The van der Waals surface area contributed by atoms with Gasteiger partial charge in [-0.15, -0.1) is 0 Å². The largest absolute Gasteiger partial charge is 0.462 e. The van der Waals surface area contributed by atoms with Crippen molar-refractivity contribution >= 4 is 17.9 Å². The predicted octanol–water partition coefficient (Wildman–Crippen LogP) is 15.9. The third-order valence-electron chi connectivity index (χ3n) is 10.6. The van der Waals surface area contributed by atoms with E-state index in [-0.39, 0.29) is 31.1 Å². The topological polar surface area (TPSA) is 78.9 Å². The molecule has 1 atom stereocenters. The van der Waals surface area contributed by atoms with E-state index in [0.29, 0.717) is 19.3 Å². The van der Waals surface area contributed by atoms with Crippen LogP contribution in [-0.4, -0.2) is 37.2 Å². The fraction of sp³-hybridized carbons (Fsp3) is 0.788. The SMILES string of the molecule is CC/C=C\C/C=C\C/C=C\CCCCCCCCCC(=O)OCC(COC(=O)CCCCCCCCCCCCC)OC(=O)CCCCCCC/C=C\CCCCC. The van der Waals surface area contributed by atoms with Crippen molar-refractivity contribution in [3.63, 3.8) is 0 Å². The number of rotatable bonds is 44. The van der Waals surface area contributed by atoms with Gasteiger partial charge in [0.25, 0.3) is 0 Å². The Morgan fingerprint density at radius 1 is 0.362 bits per heavy atom. The van der Waals surface area contributed by atoms with E-state index < -0.39 is 6.10 Å². The summed E-state index contributed by atoms with van der Waals surface area (Å²) in [4.78, 5) is 37.8. The highest BCUT2D eigenvalue weighted by atomic mass is 16.6. The van der Waals surface area contributed by atoms with Crippen molar-refractivity contribution in [2.75, 3.05) is 13.2 Å². The summed E-state index contributed by atoms with van der Waals surface area (Å²) in [6, 6.07) is 0. The molecule has 0 aliphatic carbocycles. The van der Waals surface area contributed by atoms with Gasteiger partial charge in [-0.2, -0.15) is 0 Å². The van der Waals surface area contributed by atoms with E-state index in [1.807, 2.05) is 0 Å². The van der Waals surface area contributed by atoms with Crippen LogP contribution in [0.1, 0.15) is 245 Å². The standard InChI is InChI=1S/C52H92O6/c1-4-7-10-13-16-19-22-24-25-26-27-28-31-33-36-39-42-45-51(54)57-48-49(47-56-50(53)44-41-38-35-32-29-21-18-15-12-9-6-3)58-52(55)46-43-40-37-34-30-23-20-17-14-11-8-5-2/h7,10,16-17,19-20,24-25,49H,4-6,8-9,11-15,18,21-23,26-48H2,1-3H3/b10-7-,19-16-,20-17-,25-24-. The summed E-state index contributed by atoms with van der Waals surface area (Å²) < 4.78 is 16.7. The Morgan fingerprint density at radius 2 is 0.672 bits per heavy atom. The molecule has 336 valence electrons. The molecule has 0 bridgehead atoms. The first-order valence-corrected chi connectivity index (χ1v) is 24.6. The van der Waals surface area contributed by atoms with Crippen molar-refractivity contribution in [2.24, 2.45) is 0 Å². The highest BCUT2D eigenvalue weighted by Crippen LogP contribution is 2.15. The van der Waals surface area contributed by atoms with E-state index in [4.69, 9.17) is 14.2 Å². The Morgan fingerprint density at radius 3 is 1.10 bits per heavy atom. The number of esters is 3. The molecule has 0 aromatic carbocycles. The number of hydrogen-bond acceptors (Lipinski definition) is 6. The van der Waals surface area contributed by atoms with Crippen LogP contribution >= 0.6 is 0 Å². The molecule has 0 aliphatic heterocycles. The highest BCUT2D eigenvalue weighted by molar-refractivity contribution is 5.71. The van der Waals surface area contributed by atoms with Gasteiger partial charge in [-0.3, -0.25) is 14.4 Å². The Bertz CT molecular complexity index is 1030. The maximum Gasteiger partial charge on any atom is 0.306 e. The predicted molar refractivity (Wildman–Crippen MR) is 247 cm³/mol. The van der Waals surface area contributed by atoms with Crippen LogP contribution in [0.25, 0.3) is 0 Å². The molecular formula is C52H92O6. The zero-order valence-electron chi connectivity index (χ0n) is 38.3. The Labute approximate surface area is 358 Å². The van der Waals surface area contributed by atoms with Crippen LogP contribution in [0.5, 0.6) is 0 Å². The van der Waals surface area contributed by atoms with Gasteiger partial charge >= 0.3 is 17.9 Å². The molecule has 0 N–H and O–H groups in total. The lowest BCUT2D eigenvalue weighted by Gasteiger charge is -2.18. The van der Waals surface area contributed by atoms with Crippen molar-refractivity contribution in [3.05, 3.63) is 48.6 Å². The molecule has 6 nitrogen and oxygen atoms in total. The van der Waals surface area contributed by atoms with Gasteiger partial charge in [-0.05, 0) is 77.0 Å². The average Bonchev–Trinajstić information content (AvgIpc) is 3.22. The summed E-state index contributed by atoms with van der Waals surface area (Å²) in [5, 5.41) is 0. The molecule has 0 aromatic rings. The molecular weight excluding hydrogens is 721 g/mol. The molecule has 0 radical (unpaired) electrons. The summed E-state index contributed by atoms with van der Waals surface area (Å²) in [5.74, 6) is -0.894. The first kappa shape index (κ1) is 55.4. The quantitative estimate of drug-likeness (QED) is 0.0264. The van der Waals surface area contributed by atoms with Crippen LogP contribution in [0.4, 0.5) is 0 Å². The van der Waals surface area contributed by atoms with Gasteiger partial charge in [0.05, 0.1) is 0 Å². The number of allylic oxidation sites excluding steroid dienone is 8. The van der Waals surface area contributed by atoms with E-state index in [1.165, 1.54) is 109 Å².